The summed E-state index contributed by atoms with van der Waals surface area (Å²) in [6.45, 7) is 3.83. The van der Waals surface area contributed by atoms with Crippen molar-refractivity contribution < 1.29 is 17.6 Å². The van der Waals surface area contributed by atoms with Crippen molar-refractivity contribution in [2.24, 2.45) is 5.92 Å². The number of piperidine rings is 1. The maximum atomic E-state index is 12.3. The minimum atomic E-state index is -3.32. The monoisotopic (exact) mass is 410 g/mol. The van der Waals surface area contributed by atoms with Gasteiger partial charge in [0.2, 0.25) is 21.8 Å². The van der Waals surface area contributed by atoms with Crippen LogP contribution in [0.4, 0.5) is 5.69 Å². The second-order valence-corrected chi connectivity index (χ2v) is 9.35. The lowest BCUT2D eigenvalue weighted by Gasteiger charge is -2.30. The van der Waals surface area contributed by atoms with E-state index in [-0.39, 0.29) is 11.7 Å². The highest BCUT2D eigenvalue weighted by Gasteiger charge is 2.21. The van der Waals surface area contributed by atoms with Gasteiger partial charge in [0.25, 0.3) is 5.22 Å². The van der Waals surface area contributed by atoms with Crippen LogP contribution in [0.25, 0.3) is 11.5 Å². The number of amides is 1. The fourth-order valence-electron chi connectivity index (χ4n) is 2.75. The summed E-state index contributed by atoms with van der Waals surface area (Å²) in [5.74, 6) is 1.36. The molecule has 1 amide bonds. The average molecular weight is 411 g/mol. The Kier molecular flexibility index (Phi) is 6.05. The van der Waals surface area contributed by atoms with Crippen LogP contribution >= 0.6 is 11.8 Å². The van der Waals surface area contributed by atoms with Crippen molar-refractivity contribution in [3.63, 3.8) is 0 Å². The quantitative estimate of drug-likeness (QED) is 0.729. The maximum Gasteiger partial charge on any atom is 0.277 e. The van der Waals surface area contributed by atoms with Crippen LogP contribution in [0.5, 0.6) is 0 Å². The molecule has 1 aromatic carbocycles. The predicted molar refractivity (Wildman–Crippen MR) is 104 cm³/mol. The number of likely N-dealkylation sites (tertiary alicyclic amines) is 1. The lowest BCUT2D eigenvalue weighted by atomic mass is 9.99. The van der Waals surface area contributed by atoms with E-state index >= 15 is 0 Å². The SMILES string of the molecule is CC1CCN(C(=O)CSc2nnc(-c3ccc(NS(C)(=O)=O)cc3)o2)CC1. The van der Waals surface area contributed by atoms with Crippen molar-refractivity contribution in [3.8, 4) is 11.5 Å². The van der Waals surface area contributed by atoms with Crippen molar-refractivity contribution in [2.75, 3.05) is 29.8 Å². The Hall–Kier alpha value is -2.07. The van der Waals surface area contributed by atoms with E-state index in [1.54, 1.807) is 24.3 Å². The Balaban J connectivity index is 1.56. The van der Waals surface area contributed by atoms with Crippen LogP contribution in [0, 0.1) is 5.92 Å². The average Bonchev–Trinajstić information content (AvgIpc) is 3.08. The largest absolute Gasteiger partial charge is 0.411 e. The highest BCUT2D eigenvalue weighted by atomic mass is 32.2. The van der Waals surface area contributed by atoms with Gasteiger partial charge >= 0.3 is 0 Å². The van der Waals surface area contributed by atoms with Gasteiger partial charge in [-0.05, 0) is 43.0 Å². The number of carbonyl (C=O) groups is 1. The highest BCUT2D eigenvalue weighted by Crippen LogP contribution is 2.25. The number of thioether (sulfide) groups is 1. The first-order chi connectivity index (χ1) is 12.8. The summed E-state index contributed by atoms with van der Waals surface area (Å²) < 4.78 is 30.4. The summed E-state index contributed by atoms with van der Waals surface area (Å²) in [4.78, 5) is 14.2. The lowest BCUT2D eigenvalue weighted by Crippen LogP contribution is -2.38. The molecule has 2 heterocycles. The Morgan fingerprint density at radius 1 is 1.26 bits per heavy atom. The lowest BCUT2D eigenvalue weighted by molar-refractivity contribution is -0.129. The van der Waals surface area contributed by atoms with Gasteiger partial charge in [0.1, 0.15) is 0 Å². The Morgan fingerprint density at radius 2 is 1.93 bits per heavy atom. The molecule has 8 nitrogen and oxygen atoms in total. The summed E-state index contributed by atoms with van der Waals surface area (Å²) in [6, 6.07) is 6.62. The Bertz CT molecular complexity index is 888. The molecule has 27 heavy (non-hydrogen) atoms. The number of hydrogen-bond donors (Lipinski definition) is 1. The normalized spacial score (nSPS) is 15.7. The molecule has 146 valence electrons. The first-order valence-corrected chi connectivity index (χ1v) is 11.5. The standard InChI is InChI=1S/C17H22N4O4S2/c1-12-7-9-21(10-8-12)15(22)11-26-17-19-18-16(25-17)13-3-5-14(6-4-13)20-27(2,23)24/h3-6,12,20H,7-11H2,1-2H3. The molecule has 0 bridgehead atoms. The maximum absolute atomic E-state index is 12.3. The van der Waals surface area contributed by atoms with Gasteiger partial charge in [-0.1, -0.05) is 18.7 Å². The molecule has 0 unspecified atom stereocenters. The topological polar surface area (TPSA) is 105 Å². The summed E-state index contributed by atoms with van der Waals surface area (Å²) in [5, 5.41) is 8.29. The van der Waals surface area contributed by atoms with E-state index in [1.165, 1.54) is 11.8 Å². The Morgan fingerprint density at radius 3 is 2.56 bits per heavy atom. The van der Waals surface area contributed by atoms with E-state index < -0.39 is 10.0 Å². The molecule has 1 fully saturated rings. The third-order valence-electron chi connectivity index (χ3n) is 4.30. The summed E-state index contributed by atoms with van der Waals surface area (Å²) >= 11 is 1.23. The fraction of sp³-hybridized carbons (Fsp3) is 0.471. The molecular formula is C17H22N4O4S2. The molecule has 1 aliphatic rings. The molecule has 0 aliphatic carbocycles. The van der Waals surface area contributed by atoms with Crippen LogP contribution in [0.15, 0.2) is 33.9 Å². The van der Waals surface area contributed by atoms with Gasteiger partial charge in [0, 0.05) is 24.3 Å². The number of nitrogens with one attached hydrogen (secondary N) is 1. The van der Waals surface area contributed by atoms with Gasteiger partial charge in [-0.2, -0.15) is 0 Å². The van der Waals surface area contributed by atoms with Gasteiger partial charge in [-0.25, -0.2) is 8.42 Å². The summed E-state index contributed by atoms with van der Waals surface area (Å²) in [5.41, 5.74) is 1.13. The van der Waals surface area contributed by atoms with Gasteiger partial charge in [-0.3, -0.25) is 9.52 Å². The third kappa shape index (κ3) is 5.70. The van der Waals surface area contributed by atoms with E-state index in [0.29, 0.717) is 28.3 Å². The van der Waals surface area contributed by atoms with E-state index in [0.717, 1.165) is 32.2 Å². The van der Waals surface area contributed by atoms with Crippen LogP contribution in [-0.2, 0) is 14.8 Å². The number of anilines is 1. The van der Waals surface area contributed by atoms with Gasteiger partial charge in [0.15, 0.2) is 0 Å². The van der Waals surface area contributed by atoms with Crippen molar-refractivity contribution >= 4 is 33.4 Å². The predicted octanol–water partition coefficient (Wildman–Crippen LogP) is 2.46. The smallest absolute Gasteiger partial charge is 0.277 e. The minimum absolute atomic E-state index is 0.0860. The number of benzene rings is 1. The minimum Gasteiger partial charge on any atom is -0.411 e. The summed E-state index contributed by atoms with van der Waals surface area (Å²) in [7, 11) is -3.32. The molecule has 1 saturated heterocycles. The van der Waals surface area contributed by atoms with Crippen molar-refractivity contribution in [1.29, 1.82) is 0 Å². The molecule has 0 atom stereocenters. The second kappa shape index (κ2) is 8.30. The molecule has 0 spiro atoms. The summed E-state index contributed by atoms with van der Waals surface area (Å²) in [6.07, 6.45) is 3.19. The first kappa shape index (κ1) is 19.7. The molecule has 1 aromatic heterocycles. The van der Waals surface area contributed by atoms with Gasteiger partial charge < -0.3 is 9.32 Å². The molecular weight excluding hydrogens is 388 g/mol. The van der Waals surface area contributed by atoms with Crippen molar-refractivity contribution in [2.45, 2.75) is 25.0 Å². The Labute approximate surface area is 162 Å². The third-order valence-corrected chi connectivity index (χ3v) is 5.71. The van der Waals surface area contributed by atoms with E-state index in [4.69, 9.17) is 4.42 Å². The van der Waals surface area contributed by atoms with Gasteiger partial charge in [0.05, 0.1) is 12.0 Å². The number of hydrogen-bond acceptors (Lipinski definition) is 7. The fourth-order valence-corrected chi connectivity index (χ4v) is 3.98. The number of carbonyl (C=O) groups excluding carboxylic acids is 1. The number of rotatable bonds is 6. The molecule has 2 aromatic rings. The second-order valence-electron chi connectivity index (χ2n) is 6.68. The van der Waals surface area contributed by atoms with E-state index in [2.05, 4.69) is 21.8 Å². The van der Waals surface area contributed by atoms with Crippen LogP contribution in [-0.4, -0.2) is 54.5 Å². The number of sulfonamides is 1. The van der Waals surface area contributed by atoms with E-state index in [9.17, 15) is 13.2 Å². The zero-order valence-corrected chi connectivity index (χ0v) is 16.8. The molecule has 1 aliphatic heterocycles. The van der Waals surface area contributed by atoms with Crippen LogP contribution < -0.4 is 4.72 Å². The molecule has 0 saturated carbocycles. The number of nitrogens with zero attached hydrogens (tertiary/aromatic N) is 3. The van der Waals surface area contributed by atoms with Crippen LogP contribution in [0.3, 0.4) is 0 Å². The van der Waals surface area contributed by atoms with E-state index in [1.807, 2.05) is 4.90 Å². The zero-order chi connectivity index (χ0) is 19.4. The highest BCUT2D eigenvalue weighted by molar-refractivity contribution is 7.99. The van der Waals surface area contributed by atoms with Crippen LogP contribution in [0.1, 0.15) is 19.8 Å². The van der Waals surface area contributed by atoms with Crippen molar-refractivity contribution in [3.05, 3.63) is 24.3 Å². The van der Waals surface area contributed by atoms with Gasteiger partial charge in [-0.15, -0.1) is 10.2 Å². The molecule has 0 radical (unpaired) electrons. The van der Waals surface area contributed by atoms with Crippen molar-refractivity contribution in [1.82, 2.24) is 15.1 Å². The number of aromatic nitrogens is 2. The molecule has 10 heteroatoms. The first-order valence-electron chi connectivity index (χ1n) is 8.62. The van der Waals surface area contributed by atoms with Crippen LogP contribution in [0.2, 0.25) is 0 Å². The molecule has 3 rings (SSSR count). The zero-order valence-electron chi connectivity index (χ0n) is 15.2. The molecule has 1 N–H and O–H groups in total.